The monoisotopic (exact) mass is 363 g/mol. The zero-order chi connectivity index (χ0) is 19.4. The van der Waals surface area contributed by atoms with Crippen molar-refractivity contribution < 1.29 is 9.31 Å². The van der Waals surface area contributed by atoms with Crippen molar-refractivity contribution in [3.8, 4) is 0 Å². The molecule has 27 heavy (non-hydrogen) atoms. The number of nitrogens with one attached hydrogen (secondary N) is 1. The Bertz CT molecular complexity index is 1080. The van der Waals surface area contributed by atoms with E-state index in [1.54, 1.807) is 24.5 Å². The van der Waals surface area contributed by atoms with E-state index in [2.05, 4.69) is 33.4 Å². The Morgan fingerprint density at radius 3 is 2.59 bits per heavy atom. The average Bonchev–Trinajstić information content (AvgIpc) is 2.66. The third-order valence-electron chi connectivity index (χ3n) is 3.65. The van der Waals surface area contributed by atoms with Crippen LogP contribution in [0.2, 0.25) is 0 Å². The molecular weight excluding hydrogens is 349 g/mol. The number of benzene rings is 1. The lowest BCUT2D eigenvalue weighted by Crippen LogP contribution is -2.02. The molecule has 1 N–H and O–H groups in total. The van der Waals surface area contributed by atoms with E-state index >= 15 is 0 Å². The summed E-state index contributed by atoms with van der Waals surface area (Å²) in [5.41, 5.74) is 1.05. The molecule has 0 aliphatic carbocycles. The van der Waals surface area contributed by atoms with E-state index in [1.807, 2.05) is 0 Å². The number of nitro groups is 1. The molecule has 2 aromatic heterocycles. The molecule has 0 atom stereocenters. The lowest BCUT2D eigenvalue weighted by molar-refractivity contribution is -0.384. The second kappa shape index (κ2) is 7.52. The second-order valence-electron chi connectivity index (χ2n) is 5.44. The lowest BCUT2D eigenvalue weighted by Gasteiger charge is -2.11. The maximum Gasteiger partial charge on any atom is 0.270 e. The van der Waals surface area contributed by atoms with Crippen molar-refractivity contribution in [2.75, 3.05) is 5.32 Å². The summed E-state index contributed by atoms with van der Waals surface area (Å²) in [6.45, 7) is 6.86. The predicted octanol–water partition coefficient (Wildman–Crippen LogP) is 4.73. The molecular formula is C19H14FN5O2. The van der Waals surface area contributed by atoms with Crippen molar-refractivity contribution in [1.29, 1.82) is 0 Å². The summed E-state index contributed by atoms with van der Waals surface area (Å²) >= 11 is 0. The molecule has 0 saturated carbocycles. The van der Waals surface area contributed by atoms with Gasteiger partial charge in [0.1, 0.15) is 11.6 Å². The molecule has 0 radical (unpaired) electrons. The highest BCUT2D eigenvalue weighted by molar-refractivity contribution is 5.94. The molecule has 0 amide bonds. The fourth-order valence-corrected chi connectivity index (χ4v) is 2.42. The first-order chi connectivity index (χ1) is 13.0. The van der Waals surface area contributed by atoms with Gasteiger partial charge in [0.05, 0.1) is 16.0 Å². The molecule has 3 rings (SSSR count). The molecule has 0 spiro atoms. The van der Waals surface area contributed by atoms with Crippen LogP contribution in [-0.4, -0.2) is 19.9 Å². The molecule has 0 aliphatic rings. The molecule has 0 bridgehead atoms. The Hall–Kier alpha value is -3.94. The Morgan fingerprint density at radius 2 is 1.96 bits per heavy atom. The van der Waals surface area contributed by atoms with Crippen molar-refractivity contribution in [3.05, 3.63) is 89.8 Å². The molecule has 0 unspecified atom stereocenters. The zero-order valence-electron chi connectivity index (χ0n) is 14.1. The van der Waals surface area contributed by atoms with Crippen molar-refractivity contribution in [2.45, 2.75) is 0 Å². The Labute approximate surface area is 153 Å². The molecule has 3 aromatic rings. The van der Waals surface area contributed by atoms with Crippen LogP contribution in [0.4, 0.5) is 21.6 Å². The standard InChI is InChI=1S/C19H14FN5O2/c1-3-4-15(12(2)20)18-23-17-6-5-14(25(26)27)11-16(17)19(24-18)22-13-7-9-21-10-8-13/h3-11H,1-2H2,(H,21,22,23,24)/b15-4+. The fraction of sp³-hybridized carbons (Fsp3) is 0. The van der Waals surface area contributed by atoms with Crippen LogP contribution in [0.1, 0.15) is 5.82 Å². The van der Waals surface area contributed by atoms with E-state index in [9.17, 15) is 14.5 Å². The molecule has 0 aliphatic heterocycles. The van der Waals surface area contributed by atoms with Gasteiger partial charge in [-0.05, 0) is 24.3 Å². The van der Waals surface area contributed by atoms with Crippen LogP contribution in [0.5, 0.6) is 0 Å². The number of nitro benzene ring substituents is 1. The number of halogens is 1. The first-order valence-corrected chi connectivity index (χ1v) is 7.80. The molecule has 7 nitrogen and oxygen atoms in total. The van der Waals surface area contributed by atoms with Gasteiger partial charge in [-0.3, -0.25) is 15.1 Å². The van der Waals surface area contributed by atoms with Gasteiger partial charge in [-0.1, -0.05) is 19.2 Å². The minimum absolute atomic E-state index is 0.0723. The SMILES string of the molecule is C=C/C=C(\C(=C)F)c1nc(Nc2ccncc2)c2cc([N+](=O)[O-])ccc2n1. The van der Waals surface area contributed by atoms with Gasteiger partial charge < -0.3 is 5.32 Å². The van der Waals surface area contributed by atoms with Crippen LogP contribution in [0, 0.1) is 10.1 Å². The third-order valence-corrected chi connectivity index (χ3v) is 3.65. The first-order valence-electron chi connectivity index (χ1n) is 7.80. The van der Waals surface area contributed by atoms with Gasteiger partial charge >= 0.3 is 0 Å². The summed E-state index contributed by atoms with van der Waals surface area (Å²) < 4.78 is 13.9. The summed E-state index contributed by atoms with van der Waals surface area (Å²) in [6.07, 6.45) is 5.98. The Kier molecular flexibility index (Phi) is 4.98. The molecule has 0 fully saturated rings. The van der Waals surface area contributed by atoms with Crippen LogP contribution >= 0.6 is 0 Å². The highest BCUT2D eigenvalue weighted by Crippen LogP contribution is 2.30. The van der Waals surface area contributed by atoms with Gasteiger partial charge in [0.25, 0.3) is 5.69 Å². The smallest absolute Gasteiger partial charge is 0.270 e. The van der Waals surface area contributed by atoms with Gasteiger partial charge in [-0.25, -0.2) is 14.4 Å². The van der Waals surface area contributed by atoms with Crippen LogP contribution < -0.4 is 5.32 Å². The van der Waals surface area contributed by atoms with Gasteiger partial charge in [0.15, 0.2) is 5.82 Å². The van der Waals surface area contributed by atoms with Crippen molar-refractivity contribution in [3.63, 3.8) is 0 Å². The van der Waals surface area contributed by atoms with Gasteiger partial charge in [0, 0.05) is 35.6 Å². The van der Waals surface area contributed by atoms with Crippen LogP contribution in [0.3, 0.4) is 0 Å². The number of anilines is 2. The number of hydrogen-bond acceptors (Lipinski definition) is 6. The summed E-state index contributed by atoms with van der Waals surface area (Å²) in [5.74, 6) is -0.340. The van der Waals surface area contributed by atoms with E-state index in [0.717, 1.165) is 0 Å². The minimum Gasteiger partial charge on any atom is -0.339 e. The zero-order valence-corrected chi connectivity index (χ0v) is 14.1. The number of hydrogen-bond donors (Lipinski definition) is 1. The number of nitrogens with zero attached hydrogens (tertiary/aromatic N) is 4. The molecule has 0 saturated heterocycles. The number of pyridine rings is 1. The number of aromatic nitrogens is 3. The predicted molar refractivity (Wildman–Crippen MR) is 102 cm³/mol. The molecule has 2 heterocycles. The van der Waals surface area contributed by atoms with E-state index < -0.39 is 10.8 Å². The summed E-state index contributed by atoms with van der Waals surface area (Å²) in [7, 11) is 0. The van der Waals surface area contributed by atoms with Crippen LogP contribution in [0.15, 0.2) is 73.9 Å². The summed E-state index contributed by atoms with van der Waals surface area (Å²) in [5, 5.41) is 14.6. The van der Waals surface area contributed by atoms with Crippen LogP contribution in [0.25, 0.3) is 16.5 Å². The quantitative estimate of drug-likeness (QED) is 0.386. The van der Waals surface area contributed by atoms with Gasteiger partial charge in [-0.2, -0.15) is 0 Å². The van der Waals surface area contributed by atoms with E-state index in [1.165, 1.54) is 30.4 Å². The number of allylic oxidation sites excluding steroid dienone is 4. The summed E-state index contributed by atoms with van der Waals surface area (Å²) in [6, 6.07) is 7.60. The second-order valence-corrected chi connectivity index (χ2v) is 5.44. The average molecular weight is 363 g/mol. The van der Waals surface area contributed by atoms with Gasteiger partial charge in [-0.15, -0.1) is 0 Å². The largest absolute Gasteiger partial charge is 0.339 e. The molecule has 1 aromatic carbocycles. The van der Waals surface area contributed by atoms with Gasteiger partial charge in [0.2, 0.25) is 0 Å². The Morgan fingerprint density at radius 1 is 1.22 bits per heavy atom. The Balaban J connectivity index is 2.24. The van der Waals surface area contributed by atoms with E-state index in [-0.39, 0.29) is 17.1 Å². The number of non-ortho nitro benzene ring substituents is 1. The molecule has 8 heteroatoms. The maximum absolute atomic E-state index is 13.9. The normalized spacial score (nSPS) is 11.2. The maximum atomic E-state index is 13.9. The first kappa shape index (κ1) is 17.9. The number of rotatable bonds is 6. The summed E-state index contributed by atoms with van der Waals surface area (Å²) in [4.78, 5) is 23.2. The third kappa shape index (κ3) is 3.84. The van der Waals surface area contributed by atoms with Crippen molar-refractivity contribution >= 4 is 33.7 Å². The van der Waals surface area contributed by atoms with E-state index in [4.69, 9.17) is 0 Å². The topological polar surface area (TPSA) is 93.8 Å². The fourth-order valence-electron chi connectivity index (χ4n) is 2.42. The lowest BCUT2D eigenvalue weighted by atomic mass is 10.1. The minimum atomic E-state index is -0.717. The highest BCUT2D eigenvalue weighted by atomic mass is 19.1. The van der Waals surface area contributed by atoms with E-state index in [0.29, 0.717) is 22.4 Å². The highest BCUT2D eigenvalue weighted by Gasteiger charge is 2.16. The van der Waals surface area contributed by atoms with Crippen molar-refractivity contribution in [2.24, 2.45) is 0 Å². The molecule has 134 valence electrons. The number of fused-ring (bicyclic) bond motifs is 1. The van der Waals surface area contributed by atoms with Crippen LogP contribution in [-0.2, 0) is 0 Å². The van der Waals surface area contributed by atoms with Crippen molar-refractivity contribution in [1.82, 2.24) is 15.0 Å².